The molecule has 1 fully saturated rings. The van der Waals surface area contributed by atoms with Crippen LogP contribution in [0.25, 0.3) is 0 Å². The SMILES string of the molecule is CCOC(=O)C1=C(CN2CCN(C(=O)c3ccc(OC)cc3)CC2)N(CC)C(=O)NC1c1cccc(F)c1. The van der Waals surface area contributed by atoms with E-state index < -0.39 is 17.8 Å². The summed E-state index contributed by atoms with van der Waals surface area (Å²) in [5, 5.41) is 2.85. The normalized spacial score (nSPS) is 18.3. The third kappa shape index (κ3) is 5.80. The van der Waals surface area contributed by atoms with Crippen LogP contribution in [0.15, 0.2) is 59.8 Å². The van der Waals surface area contributed by atoms with Crippen LogP contribution >= 0.6 is 0 Å². The summed E-state index contributed by atoms with van der Waals surface area (Å²) < 4.78 is 24.6. The summed E-state index contributed by atoms with van der Waals surface area (Å²) in [7, 11) is 1.58. The quantitative estimate of drug-likeness (QED) is 0.534. The number of halogens is 1. The summed E-state index contributed by atoms with van der Waals surface area (Å²) in [6.45, 7) is 6.48. The van der Waals surface area contributed by atoms with Crippen molar-refractivity contribution in [2.45, 2.75) is 19.9 Å². The van der Waals surface area contributed by atoms with E-state index in [-0.39, 0.29) is 24.1 Å². The average molecular weight is 525 g/mol. The minimum Gasteiger partial charge on any atom is -0.497 e. The number of ether oxygens (including phenoxy) is 2. The molecule has 2 aromatic rings. The van der Waals surface area contributed by atoms with Crippen molar-refractivity contribution in [2.75, 3.05) is 53.0 Å². The maximum absolute atomic E-state index is 14.1. The third-order valence-electron chi connectivity index (χ3n) is 6.80. The summed E-state index contributed by atoms with van der Waals surface area (Å²) in [5.41, 5.74) is 1.87. The van der Waals surface area contributed by atoms with Gasteiger partial charge in [0.2, 0.25) is 0 Å². The molecule has 1 unspecified atom stereocenters. The number of esters is 1. The molecule has 1 N–H and O–H groups in total. The molecule has 0 spiro atoms. The molecule has 0 saturated carbocycles. The van der Waals surface area contributed by atoms with Gasteiger partial charge in [0, 0.05) is 50.5 Å². The molecule has 0 aliphatic carbocycles. The second-order valence-electron chi connectivity index (χ2n) is 9.06. The molecule has 0 aromatic heterocycles. The number of likely N-dealkylation sites (N-methyl/N-ethyl adjacent to an activating group) is 1. The molecule has 1 atom stereocenters. The number of methoxy groups -OCH3 is 1. The predicted molar refractivity (Wildman–Crippen MR) is 139 cm³/mol. The molecule has 2 heterocycles. The zero-order valence-corrected chi connectivity index (χ0v) is 21.9. The zero-order valence-electron chi connectivity index (χ0n) is 21.9. The Balaban J connectivity index is 1.57. The highest BCUT2D eigenvalue weighted by molar-refractivity contribution is 5.95. The van der Waals surface area contributed by atoms with Crippen LogP contribution in [0.1, 0.15) is 35.8 Å². The maximum Gasteiger partial charge on any atom is 0.338 e. The van der Waals surface area contributed by atoms with E-state index in [0.29, 0.717) is 61.8 Å². The van der Waals surface area contributed by atoms with E-state index in [9.17, 15) is 18.8 Å². The van der Waals surface area contributed by atoms with E-state index >= 15 is 0 Å². The number of urea groups is 1. The lowest BCUT2D eigenvalue weighted by molar-refractivity contribution is -0.139. The van der Waals surface area contributed by atoms with Crippen molar-refractivity contribution in [3.63, 3.8) is 0 Å². The highest BCUT2D eigenvalue weighted by Gasteiger charge is 2.38. The Morgan fingerprint density at radius 2 is 1.76 bits per heavy atom. The predicted octanol–water partition coefficient (Wildman–Crippen LogP) is 3.20. The van der Waals surface area contributed by atoms with Crippen LogP contribution in [0, 0.1) is 5.82 Å². The summed E-state index contributed by atoms with van der Waals surface area (Å²) >= 11 is 0. The Kier molecular flexibility index (Phi) is 8.62. The summed E-state index contributed by atoms with van der Waals surface area (Å²) in [5.74, 6) is -0.386. The summed E-state index contributed by atoms with van der Waals surface area (Å²) in [6.07, 6.45) is 0. The zero-order chi connectivity index (χ0) is 27.2. The number of hydrogen-bond donors (Lipinski definition) is 1. The molecule has 9 nitrogen and oxygen atoms in total. The number of carbonyl (C=O) groups excluding carboxylic acids is 3. The number of nitrogens with one attached hydrogen (secondary N) is 1. The van der Waals surface area contributed by atoms with Gasteiger partial charge in [-0.1, -0.05) is 12.1 Å². The van der Waals surface area contributed by atoms with Crippen LogP contribution in [0.2, 0.25) is 0 Å². The number of hydrogen-bond acceptors (Lipinski definition) is 6. The first-order valence-corrected chi connectivity index (χ1v) is 12.8. The van der Waals surface area contributed by atoms with Gasteiger partial charge in [-0.2, -0.15) is 0 Å². The molecule has 1 saturated heterocycles. The number of carbonyl (C=O) groups is 3. The van der Waals surface area contributed by atoms with Gasteiger partial charge in [-0.05, 0) is 55.8 Å². The number of rotatable bonds is 8. The fourth-order valence-corrected chi connectivity index (χ4v) is 4.83. The van der Waals surface area contributed by atoms with Crippen molar-refractivity contribution in [1.82, 2.24) is 20.0 Å². The molecule has 3 amide bonds. The highest BCUT2D eigenvalue weighted by atomic mass is 19.1. The molecule has 0 bridgehead atoms. The van der Waals surface area contributed by atoms with Gasteiger partial charge in [0.15, 0.2) is 0 Å². The van der Waals surface area contributed by atoms with E-state index in [1.807, 2.05) is 6.92 Å². The molecule has 38 heavy (non-hydrogen) atoms. The van der Waals surface area contributed by atoms with Crippen molar-refractivity contribution in [1.29, 1.82) is 0 Å². The molecule has 4 rings (SSSR count). The highest BCUT2D eigenvalue weighted by Crippen LogP contribution is 2.32. The molecule has 10 heteroatoms. The van der Waals surface area contributed by atoms with E-state index in [2.05, 4.69) is 10.2 Å². The van der Waals surface area contributed by atoms with E-state index in [4.69, 9.17) is 9.47 Å². The first kappa shape index (κ1) is 27.1. The Labute approximate surface area is 221 Å². The largest absolute Gasteiger partial charge is 0.497 e. The summed E-state index contributed by atoms with van der Waals surface area (Å²) in [4.78, 5) is 44.7. The van der Waals surface area contributed by atoms with Crippen LogP contribution in [-0.2, 0) is 9.53 Å². The minimum atomic E-state index is -0.840. The smallest absolute Gasteiger partial charge is 0.338 e. The molecule has 2 aliphatic rings. The lowest BCUT2D eigenvalue weighted by Gasteiger charge is -2.40. The monoisotopic (exact) mass is 524 g/mol. The van der Waals surface area contributed by atoms with Gasteiger partial charge in [-0.25, -0.2) is 14.0 Å². The number of piperazine rings is 1. The first-order valence-electron chi connectivity index (χ1n) is 12.8. The van der Waals surface area contributed by atoms with Crippen LogP contribution in [0.4, 0.5) is 9.18 Å². The van der Waals surface area contributed by atoms with Gasteiger partial charge in [0.25, 0.3) is 5.91 Å². The Hall–Kier alpha value is -3.92. The number of benzene rings is 2. The molecule has 0 radical (unpaired) electrons. The van der Waals surface area contributed by atoms with E-state index in [0.717, 1.165) is 0 Å². The third-order valence-corrected chi connectivity index (χ3v) is 6.80. The fourth-order valence-electron chi connectivity index (χ4n) is 4.83. The van der Waals surface area contributed by atoms with Crippen molar-refractivity contribution in [3.8, 4) is 5.75 Å². The van der Waals surface area contributed by atoms with Gasteiger partial charge in [0.05, 0.1) is 25.3 Å². The van der Waals surface area contributed by atoms with Crippen molar-refractivity contribution < 1.29 is 28.2 Å². The Bertz CT molecular complexity index is 1210. The lowest BCUT2D eigenvalue weighted by atomic mass is 9.94. The molecule has 2 aliphatic heterocycles. The topological polar surface area (TPSA) is 91.4 Å². The van der Waals surface area contributed by atoms with Gasteiger partial charge in [0.1, 0.15) is 11.6 Å². The van der Waals surface area contributed by atoms with E-state index in [1.165, 1.54) is 17.0 Å². The van der Waals surface area contributed by atoms with Gasteiger partial charge < -0.3 is 19.7 Å². The van der Waals surface area contributed by atoms with E-state index in [1.54, 1.807) is 55.3 Å². The molecule has 2 aromatic carbocycles. The maximum atomic E-state index is 14.1. The Morgan fingerprint density at radius 3 is 2.37 bits per heavy atom. The average Bonchev–Trinajstić information content (AvgIpc) is 2.93. The van der Waals surface area contributed by atoms with Crippen molar-refractivity contribution in [2.24, 2.45) is 0 Å². The van der Waals surface area contributed by atoms with Crippen LogP contribution in [-0.4, -0.2) is 85.6 Å². The van der Waals surface area contributed by atoms with Gasteiger partial charge in [-0.15, -0.1) is 0 Å². The second-order valence-corrected chi connectivity index (χ2v) is 9.06. The first-order chi connectivity index (χ1) is 18.4. The van der Waals surface area contributed by atoms with Gasteiger partial charge in [-0.3, -0.25) is 14.6 Å². The molecule has 202 valence electrons. The summed E-state index contributed by atoms with van der Waals surface area (Å²) in [6, 6.07) is 11.7. The fraction of sp³-hybridized carbons (Fsp3) is 0.393. The molecular weight excluding hydrogens is 491 g/mol. The van der Waals surface area contributed by atoms with Crippen LogP contribution < -0.4 is 10.1 Å². The second kappa shape index (κ2) is 12.1. The van der Waals surface area contributed by atoms with Gasteiger partial charge >= 0.3 is 12.0 Å². The minimum absolute atomic E-state index is 0.0582. The van der Waals surface area contributed by atoms with Crippen molar-refractivity contribution in [3.05, 3.63) is 76.7 Å². The van der Waals surface area contributed by atoms with Crippen molar-refractivity contribution >= 4 is 17.9 Å². The standard InChI is InChI=1S/C28H33FN4O5/c1-4-33-23(18-31-13-15-32(16-14-31)26(34)19-9-11-22(37-3)12-10-19)24(27(35)38-5-2)25(30-28(33)36)20-7-6-8-21(29)17-20/h6-12,17,25H,4-5,13-16,18H2,1-3H3,(H,30,36). The lowest BCUT2D eigenvalue weighted by Crippen LogP contribution is -2.53. The van der Waals surface area contributed by atoms with Crippen LogP contribution in [0.5, 0.6) is 5.75 Å². The Morgan fingerprint density at radius 1 is 1.05 bits per heavy atom. The number of nitrogens with zero attached hydrogens (tertiary/aromatic N) is 3. The molecular formula is C28H33FN4O5. The number of amides is 3. The van der Waals surface area contributed by atoms with Crippen LogP contribution in [0.3, 0.4) is 0 Å².